The second-order valence-corrected chi connectivity index (χ2v) is 5.86. The van der Waals surface area contributed by atoms with Gasteiger partial charge in [-0.2, -0.15) is 0 Å². The number of nitro groups is 2. The van der Waals surface area contributed by atoms with Crippen molar-refractivity contribution in [1.82, 2.24) is 0 Å². The van der Waals surface area contributed by atoms with Gasteiger partial charge in [0.05, 0.1) is 30.9 Å². The molecule has 0 aromatic heterocycles. The molecule has 0 aliphatic carbocycles. The molecule has 128 valence electrons. The zero-order chi connectivity index (χ0) is 18.6. The molecule has 8 nitrogen and oxygen atoms in total. The van der Waals surface area contributed by atoms with Crippen LogP contribution in [0, 0.1) is 31.9 Å². The van der Waals surface area contributed by atoms with E-state index in [2.05, 4.69) is 31.9 Å². The van der Waals surface area contributed by atoms with Gasteiger partial charge in [-0.15, -0.1) is 0 Å². The summed E-state index contributed by atoms with van der Waals surface area (Å²) in [6, 6.07) is 3.70. The zero-order valence-corrected chi connectivity index (χ0v) is 14.7. The number of anilines is 2. The van der Waals surface area contributed by atoms with Crippen molar-refractivity contribution in [3.05, 3.63) is 65.1 Å². The molecule has 2 aromatic rings. The summed E-state index contributed by atoms with van der Waals surface area (Å²) in [7, 11) is 0. The van der Waals surface area contributed by atoms with Crippen LogP contribution in [0.5, 0.6) is 0 Å². The van der Waals surface area contributed by atoms with Gasteiger partial charge in [0, 0.05) is 0 Å². The maximum atomic E-state index is 12.6. The van der Waals surface area contributed by atoms with Gasteiger partial charge in [-0.3, -0.25) is 20.2 Å². The van der Waals surface area contributed by atoms with Gasteiger partial charge in [-0.05, 0) is 44.0 Å². The Morgan fingerprint density at radius 1 is 0.792 bits per heavy atom. The van der Waals surface area contributed by atoms with Gasteiger partial charge >= 0.3 is 0 Å². The van der Waals surface area contributed by atoms with Crippen molar-refractivity contribution in [2.75, 3.05) is 11.5 Å². The van der Waals surface area contributed by atoms with Crippen LogP contribution in [0.4, 0.5) is 31.5 Å². The molecule has 0 atom stereocenters. The minimum Gasteiger partial charge on any atom is -0.392 e. The lowest BCUT2D eigenvalue weighted by Gasteiger charge is -1.99. The molecule has 0 heterocycles. The molecule has 24 heavy (non-hydrogen) atoms. The van der Waals surface area contributed by atoms with Crippen LogP contribution in [0.15, 0.2) is 33.2 Å². The standard InChI is InChI=1S/2C6H4BrFN2O2/c2*7-4-1-3(8)2-5(6(4)9)10(11)12/h2*1-2H,9H2. The molecular weight excluding hydrogens is 462 g/mol. The largest absolute Gasteiger partial charge is 0.392 e. The van der Waals surface area contributed by atoms with E-state index in [9.17, 15) is 29.0 Å². The minimum absolute atomic E-state index is 0.0681. The van der Waals surface area contributed by atoms with Crippen molar-refractivity contribution in [2.24, 2.45) is 0 Å². The number of halogens is 4. The number of hydrogen-bond acceptors (Lipinski definition) is 6. The maximum Gasteiger partial charge on any atom is 0.296 e. The highest BCUT2D eigenvalue weighted by molar-refractivity contribution is 9.11. The van der Waals surface area contributed by atoms with Gasteiger partial charge in [0.2, 0.25) is 0 Å². The van der Waals surface area contributed by atoms with Crippen LogP contribution in [-0.4, -0.2) is 9.85 Å². The van der Waals surface area contributed by atoms with Gasteiger partial charge in [0.25, 0.3) is 11.4 Å². The molecule has 2 rings (SSSR count). The van der Waals surface area contributed by atoms with Crippen molar-refractivity contribution < 1.29 is 18.6 Å². The first-order valence-corrected chi connectivity index (χ1v) is 7.41. The molecule has 0 aliphatic heterocycles. The SMILES string of the molecule is Nc1c(Br)cc(F)cc1[N+](=O)[O-].Nc1c(Br)cc(F)cc1[N+](=O)[O-]. The highest BCUT2D eigenvalue weighted by atomic mass is 79.9. The predicted molar refractivity (Wildman–Crippen MR) is 90.3 cm³/mol. The molecule has 12 heteroatoms. The number of benzene rings is 2. The van der Waals surface area contributed by atoms with Crippen molar-refractivity contribution in [3.63, 3.8) is 0 Å². The monoisotopic (exact) mass is 468 g/mol. The Balaban J connectivity index is 0.000000240. The average molecular weight is 470 g/mol. The smallest absolute Gasteiger partial charge is 0.296 e. The van der Waals surface area contributed by atoms with Crippen LogP contribution in [0.1, 0.15) is 0 Å². The summed E-state index contributed by atoms with van der Waals surface area (Å²) in [5, 5.41) is 20.5. The Hall–Kier alpha value is -2.34. The van der Waals surface area contributed by atoms with Gasteiger partial charge in [0.15, 0.2) is 0 Å². The topological polar surface area (TPSA) is 138 Å². The second-order valence-electron chi connectivity index (χ2n) is 4.16. The summed E-state index contributed by atoms with van der Waals surface area (Å²) in [5.41, 5.74) is 9.60. The fourth-order valence-corrected chi connectivity index (χ4v) is 2.29. The average Bonchev–Trinajstić information content (AvgIpc) is 2.46. The van der Waals surface area contributed by atoms with E-state index in [0.29, 0.717) is 0 Å². The summed E-state index contributed by atoms with van der Waals surface area (Å²) in [5.74, 6) is -1.38. The molecule has 0 radical (unpaired) electrons. The molecule has 0 spiro atoms. The Morgan fingerprint density at radius 3 is 1.33 bits per heavy atom. The van der Waals surface area contributed by atoms with E-state index in [1.807, 2.05) is 0 Å². The summed E-state index contributed by atoms with van der Waals surface area (Å²) in [4.78, 5) is 19.1. The van der Waals surface area contributed by atoms with Crippen molar-refractivity contribution in [2.45, 2.75) is 0 Å². The summed E-state index contributed by atoms with van der Waals surface area (Å²) in [6.45, 7) is 0. The third-order valence-corrected chi connectivity index (χ3v) is 3.85. The van der Waals surface area contributed by atoms with E-state index in [1.165, 1.54) is 0 Å². The number of rotatable bonds is 2. The van der Waals surface area contributed by atoms with Crippen molar-refractivity contribution in [1.29, 1.82) is 0 Å². The molecular formula is C12H8Br2F2N4O4. The van der Waals surface area contributed by atoms with Crippen LogP contribution in [0.2, 0.25) is 0 Å². The summed E-state index contributed by atoms with van der Waals surface area (Å²) < 4.78 is 25.5. The van der Waals surface area contributed by atoms with Crippen LogP contribution < -0.4 is 11.5 Å². The normalized spacial score (nSPS) is 9.83. The summed E-state index contributed by atoms with van der Waals surface area (Å²) >= 11 is 5.79. The molecule has 0 saturated carbocycles. The van der Waals surface area contributed by atoms with Gasteiger partial charge < -0.3 is 11.5 Å². The molecule has 0 bridgehead atoms. The molecule has 0 aliphatic rings. The third kappa shape index (κ3) is 4.83. The van der Waals surface area contributed by atoms with Crippen molar-refractivity contribution in [3.8, 4) is 0 Å². The molecule has 4 N–H and O–H groups in total. The van der Waals surface area contributed by atoms with Crippen LogP contribution in [-0.2, 0) is 0 Å². The van der Waals surface area contributed by atoms with Crippen LogP contribution in [0.25, 0.3) is 0 Å². The fraction of sp³-hybridized carbons (Fsp3) is 0. The predicted octanol–water partition coefficient (Wildman–Crippen LogP) is 4.16. The minimum atomic E-state index is -0.733. The Morgan fingerprint density at radius 2 is 1.08 bits per heavy atom. The lowest BCUT2D eigenvalue weighted by molar-refractivity contribution is -0.384. The van der Waals surface area contributed by atoms with Crippen molar-refractivity contribution >= 4 is 54.6 Å². The highest BCUT2D eigenvalue weighted by Crippen LogP contribution is 2.31. The fourth-order valence-electron chi connectivity index (χ4n) is 1.44. The highest BCUT2D eigenvalue weighted by Gasteiger charge is 2.16. The molecule has 0 amide bonds. The molecule has 0 fully saturated rings. The Kier molecular flexibility index (Phi) is 6.54. The molecule has 0 unspecified atom stereocenters. The van der Waals surface area contributed by atoms with Gasteiger partial charge in [0.1, 0.15) is 23.0 Å². The van der Waals surface area contributed by atoms with E-state index >= 15 is 0 Å². The first kappa shape index (κ1) is 19.7. The van der Waals surface area contributed by atoms with Gasteiger partial charge in [-0.25, -0.2) is 8.78 Å². The first-order chi connectivity index (χ1) is 11.0. The number of nitro benzene ring substituents is 2. The lowest BCUT2D eigenvalue weighted by Crippen LogP contribution is -1.97. The maximum absolute atomic E-state index is 12.6. The van der Waals surface area contributed by atoms with E-state index in [4.69, 9.17) is 11.5 Å². The zero-order valence-electron chi connectivity index (χ0n) is 11.5. The second kappa shape index (κ2) is 7.97. The lowest BCUT2D eigenvalue weighted by atomic mass is 10.3. The molecule has 0 saturated heterocycles. The van der Waals surface area contributed by atoms with E-state index in [-0.39, 0.29) is 20.3 Å². The third-order valence-electron chi connectivity index (χ3n) is 2.54. The summed E-state index contributed by atoms with van der Waals surface area (Å²) in [6.07, 6.45) is 0. The number of nitrogens with two attached hydrogens (primary N) is 2. The quantitative estimate of drug-likeness (QED) is 0.384. The number of nitrogen functional groups attached to an aromatic ring is 2. The Bertz CT molecular complexity index is 753. The van der Waals surface area contributed by atoms with E-state index in [0.717, 1.165) is 24.3 Å². The van der Waals surface area contributed by atoms with E-state index in [1.54, 1.807) is 0 Å². The van der Waals surface area contributed by atoms with Gasteiger partial charge in [-0.1, -0.05) is 0 Å². The van der Waals surface area contributed by atoms with Crippen LogP contribution >= 0.6 is 31.9 Å². The van der Waals surface area contributed by atoms with E-state index < -0.39 is 32.9 Å². The first-order valence-electron chi connectivity index (χ1n) is 5.82. The number of nitrogens with zero attached hydrogens (tertiary/aromatic N) is 2. The molecule has 2 aromatic carbocycles. The number of hydrogen-bond donors (Lipinski definition) is 2. The van der Waals surface area contributed by atoms with Crippen LogP contribution in [0.3, 0.4) is 0 Å². The Labute approximate surface area is 150 Å².